The molecule has 0 amide bonds. The Bertz CT molecular complexity index is 3950. The third-order valence-electron chi connectivity index (χ3n) is 12.8. The van der Waals surface area contributed by atoms with Gasteiger partial charge in [0, 0.05) is 49.3 Å². The number of benzene rings is 10. The summed E-state index contributed by atoms with van der Waals surface area (Å²) in [7, 11) is 0. The maximum Gasteiger partial charge on any atom is 0.160 e. The van der Waals surface area contributed by atoms with Crippen molar-refractivity contribution >= 4 is 75.9 Å². The van der Waals surface area contributed by atoms with Crippen molar-refractivity contribution in [1.82, 2.24) is 19.5 Å². The maximum atomic E-state index is 5.36. The molecule has 0 unspecified atom stereocenters. The van der Waals surface area contributed by atoms with E-state index in [-0.39, 0.29) is 0 Å². The van der Waals surface area contributed by atoms with Crippen LogP contribution in [0, 0.1) is 0 Å². The van der Waals surface area contributed by atoms with Gasteiger partial charge in [0.25, 0.3) is 0 Å². The van der Waals surface area contributed by atoms with Crippen LogP contribution in [0.1, 0.15) is 0 Å². The zero-order valence-electron chi connectivity index (χ0n) is 34.1. The minimum absolute atomic E-state index is 0.704. The molecule has 0 atom stereocenters. The molecule has 0 radical (unpaired) electrons. The average molecular weight is 801 g/mol. The number of hydrogen-bond acceptors (Lipinski definition) is 3. The van der Waals surface area contributed by atoms with Gasteiger partial charge in [-0.2, -0.15) is 0 Å². The Morgan fingerprint density at radius 3 is 1.68 bits per heavy atom. The minimum atomic E-state index is 0.704. The van der Waals surface area contributed by atoms with Crippen molar-refractivity contribution in [2.24, 2.45) is 0 Å². The Labute approximate surface area is 363 Å². The number of hydrogen-bond donors (Lipinski definition) is 0. The van der Waals surface area contributed by atoms with Crippen LogP contribution < -0.4 is 0 Å². The molecule has 3 aromatic heterocycles. The Kier molecular flexibility index (Phi) is 7.87. The molecular weight excluding hydrogens is 765 g/mol. The van der Waals surface area contributed by atoms with Crippen LogP contribution in [0.3, 0.4) is 0 Å². The van der Waals surface area contributed by atoms with E-state index in [9.17, 15) is 0 Å². The van der Waals surface area contributed by atoms with E-state index in [1.807, 2.05) is 0 Å². The maximum absolute atomic E-state index is 5.36. The summed E-state index contributed by atoms with van der Waals surface area (Å²) in [6.45, 7) is 0. The van der Waals surface area contributed by atoms with E-state index in [4.69, 9.17) is 15.0 Å². The second kappa shape index (κ2) is 14.1. The van der Waals surface area contributed by atoms with Crippen LogP contribution in [0.4, 0.5) is 0 Å². The SMILES string of the molecule is c1ccc(-c2nc3cc4c5ccc(-c6ccc(-c7nc(-c8cc9ccccc9c9ccccc89)c8ccccc8n7)cc6)cc5n(-c5ccccc5)c4cc3c3ccccc23)cc1. The Balaban J connectivity index is 0.959. The number of aromatic nitrogens is 4. The summed E-state index contributed by atoms with van der Waals surface area (Å²) in [5.41, 5.74) is 12.7. The van der Waals surface area contributed by atoms with Gasteiger partial charge in [0.2, 0.25) is 0 Å². The van der Waals surface area contributed by atoms with Crippen LogP contribution >= 0.6 is 0 Å². The first kappa shape index (κ1) is 35.3. The van der Waals surface area contributed by atoms with E-state index in [1.165, 1.54) is 37.7 Å². The second-order valence-corrected chi connectivity index (χ2v) is 16.3. The molecule has 0 saturated carbocycles. The van der Waals surface area contributed by atoms with Crippen molar-refractivity contribution in [3.05, 3.63) is 218 Å². The molecule has 3 heterocycles. The molecule has 0 aliphatic carbocycles. The number of fused-ring (bicyclic) bond motifs is 10. The molecule has 13 rings (SSSR count). The number of para-hydroxylation sites is 2. The first-order valence-corrected chi connectivity index (χ1v) is 21.4. The highest BCUT2D eigenvalue weighted by Crippen LogP contribution is 2.41. The van der Waals surface area contributed by atoms with Gasteiger partial charge in [-0.25, -0.2) is 15.0 Å². The van der Waals surface area contributed by atoms with Gasteiger partial charge >= 0.3 is 0 Å². The molecule has 10 aromatic carbocycles. The van der Waals surface area contributed by atoms with Crippen LogP contribution in [0.5, 0.6) is 0 Å². The molecule has 13 aromatic rings. The molecule has 63 heavy (non-hydrogen) atoms. The lowest BCUT2D eigenvalue weighted by Gasteiger charge is -2.14. The molecule has 0 aliphatic rings. The topological polar surface area (TPSA) is 43.6 Å². The smallest absolute Gasteiger partial charge is 0.160 e. The fraction of sp³-hybridized carbons (Fsp3) is 0. The summed E-state index contributed by atoms with van der Waals surface area (Å²) in [5, 5.41) is 11.7. The first-order chi connectivity index (χ1) is 31.2. The Morgan fingerprint density at radius 1 is 0.286 bits per heavy atom. The molecule has 4 nitrogen and oxygen atoms in total. The molecule has 0 aliphatic heterocycles. The lowest BCUT2D eigenvalue weighted by molar-refractivity contribution is 1.18. The number of nitrogens with zero attached hydrogens (tertiary/aromatic N) is 4. The van der Waals surface area contributed by atoms with Gasteiger partial charge in [-0.05, 0) is 80.5 Å². The van der Waals surface area contributed by atoms with Crippen LogP contribution in [-0.4, -0.2) is 19.5 Å². The highest BCUT2D eigenvalue weighted by Gasteiger charge is 2.19. The standard InChI is InChI=1S/C59H36N4/c1-3-15-38(16-4-1)57-48-24-12-11-23-46(48)50-36-56-51(35-54(50)60-57)47-32-31-40(34-55(47)63(56)42-18-5-2-6-19-42)37-27-29-39(30-28-37)59-61-53-26-14-13-25-49(53)58(62-59)52-33-41-17-7-8-20-43(41)44-21-9-10-22-45(44)52/h1-36H. The third-order valence-corrected chi connectivity index (χ3v) is 12.8. The van der Waals surface area contributed by atoms with Gasteiger partial charge in [-0.3, -0.25) is 0 Å². The van der Waals surface area contributed by atoms with Gasteiger partial charge < -0.3 is 4.57 Å². The predicted molar refractivity (Wildman–Crippen MR) is 263 cm³/mol. The van der Waals surface area contributed by atoms with Crippen LogP contribution in [-0.2, 0) is 0 Å². The van der Waals surface area contributed by atoms with Crippen LogP contribution in [0.2, 0.25) is 0 Å². The average Bonchev–Trinajstić information content (AvgIpc) is 3.68. The number of rotatable bonds is 5. The zero-order chi connectivity index (χ0) is 41.4. The Morgan fingerprint density at radius 2 is 0.889 bits per heavy atom. The van der Waals surface area contributed by atoms with Crippen molar-refractivity contribution in [2.75, 3.05) is 0 Å². The summed E-state index contributed by atoms with van der Waals surface area (Å²) in [5.74, 6) is 0.704. The molecule has 0 saturated heterocycles. The molecule has 0 N–H and O–H groups in total. The third kappa shape index (κ3) is 5.66. The van der Waals surface area contributed by atoms with Crippen molar-refractivity contribution in [2.45, 2.75) is 0 Å². The Hall–Kier alpha value is -8.47. The fourth-order valence-corrected chi connectivity index (χ4v) is 9.79. The van der Waals surface area contributed by atoms with E-state index in [0.29, 0.717) is 5.82 Å². The van der Waals surface area contributed by atoms with Crippen LogP contribution in [0.25, 0.3) is 127 Å². The molecule has 4 heteroatoms. The van der Waals surface area contributed by atoms with E-state index >= 15 is 0 Å². The summed E-state index contributed by atoms with van der Waals surface area (Å²) in [6.07, 6.45) is 0. The van der Waals surface area contributed by atoms with E-state index in [1.54, 1.807) is 0 Å². The van der Waals surface area contributed by atoms with Crippen molar-refractivity contribution in [3.63, 3.8) is 0 Å². The lowest BCUT2D eigenvalue weighted by atomic mass is 9.94. The highest BCUT2D eigenvalue weighted by atomic mass is 15.0. The second-order valence-electron chi connectivity index (χ2n) is 16.3. The van der Waals surface area contributed by atoms with Crippen molar-refractivity contribution in [3.8, 4) is 50.7 Å². The molecular formula is C59H36N4. The fourth-order valence-electron chi connectivity index (χ4n) is 9.79. The zero-order valence-corrected chi connectivity index (χ0v) is 34.1. The summed E-state index contributed by atoms with van der Waals surface area (Å²) in [6, 6.07) is 78.0. The highest BCUT2D eigenvalue weighted by molar-refractivity contribution is 6.19. The molecule has 292 valence electrons. The predicted octanol–water partition coefficient (Wildman–Crippen LogP) is 15.4. The first-order valence-electron chi connectivity index (χ1n) is 21.4. The molecule has 0 spiro atoms. The van der Waals surface area contributed by atoms with Crippen molar-refractivity contribution in [1.29, 1.82) is 0 Å². The summed E-state index contributed by atoms with van der Waals surface area (Å²) >= 11 is 0. The summed E-state index contributed by atoms with van der Waals surface area (Å²) in [4.78, 5) is 15.8. The molecule has 0 fully saturated rings. The van der Waals surface area contributed by atoms with Crippen molar-refractivity contribution < 1.29 is 0 Å². The van der Waals surface area contributed by atoms with E-state index in [0.717, 1.165) is 83.1 Å². The minimum Gasteiger partial charge on any atom is -0.309 e. The molecule has 0 bridgehead atoms. The van der Waals surface area contributed by atoms with E-state index in [2.05, 4.69) is 223 Å². The quantitative estimate of drug-likeness (QED) is 0.163. The largest absolute Gasteiger partial charge is 0.309 e. The van der Waals surface area contributed by atoms with Crippen LogP contribution in [0.15, 0.2) is 218 Å². The van der Waals surface area contributed by atoms with Gasteiger partial charge in [0.05, 0.1) is 33.5 Å². The van der Waals surface area contributed by atoms with Gasteiger partial charge in [0.1, 0.15) is 0 Å². The number of pyridine rings is 1. The summed E-state index contributed by atoms with van der Waals surface area (Å²) < 4.78 is 2.41. The van der Waals surface area contributed by atoms with Gasteiger partial charge in [0.15, 0.2) is 5.82 Å². The normalized spacial score (nSPS) is 11.8. The van der Waals surface area contributed by atoms with E-state index < -0.39 is 0 Å². The monoisotopic (exact) mass is 800 g/mol. The lowest BCUT2D eigenvalue weighted by Crippen LogP contribution is -1.96. The van der Waals surface area contributed by atoms with Gasteiger partial charge in [-0.15, -0.1) is 0 Å². The van der Waals surface area contributed by atoms with Gasteiger partial charge in [-0.1, -0.05) is 176 Å².